The fraction of sp³-hybridized carbons (Fsp3) is 0.778. The number of rotatable bonds is 17. The average molecular weight is 436 g/mol. The fourth-order valence-corrected chi connectivity index (χ4v) is 2.65. The Labute approximate surface area is 174 Å². The average Bonchev–Trinajstić information content (AvgIpc) is 2.76. The second-order valence-corrected chi connectivity index (χ2v) is 6.34. The minimum atomic E-state index is -1.36. The van der Waals surface area contributed by atoms with Gasteiger partial charge in [-0.05, 0) is 0 Å². The monoisotopic (exact) mass is 436 g/mol. The van der Waals surface area contributed by atoms with E-state index in [9.17, 15) is 20.4 Å². The van der Waals surface area contributed by atoms with Crippen molar-refractivity contribution in [1.29, 1.82) is 0 Å². The summed E-state index contributed by atoms with van der Waals surface area (Å²) in [5.41, 5.74) is 0.582. The molecule has 0 aromatic carbocycles. The number of hydrogen-bond acceptors (Lipinski definition) is 12. The van der Waals surface area contributed by atoms with Crippen LogP contribution in [0.2, 0.25) is 0 Å². The summed E-state index contributed by atoms with van der Waals surface area (Å²) in [4.78, 5) is 8.35. The van der Waals surface area contributed by atoms with Gasteiger partial charge in [0.25, 0.3) is 0 Å². The van der Waals surface area contributed by atoms with Crippen LogP contribution in [0.15, 0.2) is 12.4 Å². The quantitative estimate of drug-likeness (QED) is 0.128. The summed E-state index contributed by atoms with van der Waals surface area (Å²) in [6.45, 7) is -2.05. The highest BCUT2D eigenvalue weighted by molar-refractivity contribution is 5.09. The van der Waals surface area contributed by atoms with Crippen molar-refractivity contribution < 1.29 is 50.0 Å². The Morgan fingerprint density at radius 2 is 1.30 bits per heavy atom. The molecule has 0 amide bonds. The topological polar surface area (TPSA) is 195 Å². The van der Waals surface area contributed by atoms with Gasteiger partial charge in [-0.1, -0.05) is 0 Å². The second-order valence-electron chi connectivity index (χ2n) is 6.34. The first-order valence-electron chi connectivity index (χ1n) is 9.58. The number of aliphatic hydroxyl groups excluding tert-OH is 7. The highest BCUT2D eigenvalue weighted by Crippen LogP contribution is 2.23. The van der Waals surface area contributed by atoms with Gasteiger partial charge in [-0.25, -0.2) is 0 Å². The molecule has 1 rings (SSSR count). The van der Waals surface area contributed by atoms with Gasteiger partial charge in [0.15, 0.2) is 0 Å². The van der Waals surface area contributed by atoms with Crippen molar-refractivity contribution in [2.24, 2.45) is 0 Å². The van der Waals surface area contributed by atoms with Crippen LogP contribution in [0.25, 0.3) is 0 Å². The molecule has 5 atom stereocenters. The molecule has 0 unspecified atom stereocenters. The van der Waals surface area contributed by atoms with Gasteiger partial charge in [-0.2, -0.15) is 0 Å². The van der Waals surface area contributed by atoms with E-state index in [2.05, 4.69) is 9.97 Å². The van der Waals surface area contributed by atoms with Crippen molar-refractivity contribution in [2.45, 2.75) is 36.9 Å². The molecular formula is C18H32N2O10. The first kappa shape index (κ1) is 26.7. The van der Waals surface area contributed by atoms with Crippen molar-refractivity contribution in [3.63, 3.8) is 0 Å². The molecule has 174 valence electrons. The predicted molar refractivity (Wildman–Crippen MR) is 101 cm³/mol. The second kappa shape index (κ2) is 15.5. The molecule has 7 N–H and O–H groups in total. The Hall–Kier alpha value is -1.32. The minimum Gasteiger partial charge on any atom is -0.394 e. The zero-order valence-corrected chi connectivity index (χ0v) is 16.7. The van der Waals surface area contributed by atoms with Crippen LogP contribution in [0, 0.1) is 0 Å². The Balaban J connectivity index is 2.87. The Kier molecular flexibility index (Phi) is 13.8. The summed E-state index contributed by atoms with van der Waals surface area (Å²) in [6.07, 6.45) is -2.78. The molecule has 0 saturated heterocycles. The van der Waals surface area contributed by atoms with E-state index in [1.54, 1.807) is 0 Å². The number of ether oxygens (including phenoxy) is 3. The fourth-order valence-electron chi connectivity index (χ4n) is 2.65. The van der Waals surface area contributed by atoms with E-state index < -0.39 is 43.7 Å². The highest BCUT2D eigenvalue weighted by atomic mass is 16.5. The summed E-state index contributed by atoms with van der Waals surface area (Å²) in [5, 5.41) is 66.1. The number of hydrogen-bond donors (Lipinski definition) is 7. The Morgan fingerprint density at radius 3 is 1.80 bits per heavy atom. The van der Waals surface area contributed by atoms with Gasteiger partial charge in [0, 0.05) is 12.6 Å². The summed E-state index contributed by atoms with van der Waals surface area (Å²) in [5.74, 6) is 0. The molecule has 0 aliphatic heterocycles. The molecule has 0 aliphatic rings. The summed E-state index contributed by atoms with van der Waals surface area (Å²) in [6, 6.07) is 0. The van der Waals surface area contributed by atoms with Crippen LogP contribution < -0.4 is 0 Å². The van der Waals surface area contributed by atoms with Crippen LogP contribution in [0.1, 0.15) is 17.5 Å². The highest BCUT2D eigenvalue weighted by Gasteiger charge is 2.31. The first-order chi connectivity index (χ1) is 14.5. The largest absolute Gasteiger partial charge is 0.394 e. The lowest BCUT2D eigenvalue weighted by atomic mass is 10.0. The van der Waals surface area contributed by atoms with E-state index in [1.807, 2.05) is 0 Å². The number of aliphatic hydroxyl groups is 7. The van der Waals surface area contributed by atoms with Crippen LogP contribution in [-0.2, 0) is 20.6 Å². The van der Waals surface area contributed by atoms with Gasteiger partial charge in [0.2, 0.25) is 0 Å². The van der Waals surface area contributed by atoms with Crippen LogP contribution in [-0.4, -0.2) is 123 Å². The molecule has 1 aromatic rings. The molecule has 0 spiro atoms. The standard InChI is InChI=1S/C18H32N2O10/c21-1-4-28-15(10-24)14(26)7-12-8-20-13(9-19-12)18(30-6-3-23)17(27)16(11-25)29-5-2-22/h8-9,14-18,21-27H,1-7,10-11H2/t14-,15+,16+,17+,18+/m0/s1. The van der Waals surface area contributed by atoms with Crippen molar-refractivity contribution >= 4 is 0 Å². The first-order valence-corrected chi connectivity index (χ1v) is 9.58. The molecule has 0 radical (unpaired) electrons. The Morgan fingerprint density at radius 1 is 0.733 bits per heavy atom. The minimum absolute atomic E-state index is 0.0214. The normalized spacial score (nSPS) is 16.8. The third-order valence-electron chi connectivity index (χ3n) is 4.15. The smallest absolute Gasteiger partial charge is 0.129 e. The molecule has 0 fully saturated rings. The molecular weight excluding hydrogens is 404 g/mol. The molecule has 0 bridgehead atoms. The molecule has 12 nitrogen and oxygen atoms in total. The molecule has 0 saturated carbocycles. The third kappa shape index (κ3) is 8.81. The van der Waals surface area contributed by atoms with Gasteiger partial charge in [0.05, 0.1) is 76.5 Å². The SMILES string of the molecule is OCCO[C@H](c1cnc(C[C@H](O)[C@@H](CO)OCCO)cn1)[C@H](O)[C@@H](CO)OCCO. The van der Waals surface area contributed by atoms with Gasteiger partial charge in [0.1, 0.15) is 24.4 Å². The zero-order chi connectivity index (χ0) is 22.4. The van der Waals surface area contributed by atoms with Crippen LogP contribution in [0.5, 0.6) is 0 Å². The van der Waals surface area contributed by atoms with Crippen molar-refractivity contribution in [1.82, 2.24) is 9.97 Å². The number of aromatic nitrogens is 2. The zero-order valence-electron chi connectivity index (χ0n) is 16.7. The van der Waals surface area contributed by atoms with Crippen molar-refractivity contribution in [2.75, 3.05) is 52.9 Å². The van der Waals surface area contributed by atoms with Crippen LogP contribution >= 0.6 is 0 Å². The van der Waals surface area contributed by atoms with E-state index >= 15 is 0 Å². The predicted octanol–water partition coefficient (Wildman–Crippen LogP) is -3.47. The maximum Gasteiger partial charge on any atom is 0.129 e. The summed E-state index contributed by atoms with van der Waals surface area (Å²) < 4.78 is 15.8. The molecule has 1 aromatic heterocycles. The van der Waals surface area contributed by atoms with E-state index in [0.29, 0.717) is 5.69 Å². The van der Waals surface area contributed by atoms with Crippen LogP contribution in [0.3, 0.4) is 0 Å². The van der Waals surface area contributed by atoms with E-state index in [-0.39, 0.29) is 51.8 Å². The van der Waals surface area contributed by atoms with Gasteiger partial charge >= 0.3 is 0 Å². The lowest BCUT2D eigenvalue weighted by Gasteiger charge is -2.28. The molecule has 30 heavy (non-hydrogen) atoms. The van der Waals surface area contributed by atoms with E-state index in [4.69, 9.17) is 29.5 Å². The summed E-state index contributed by atoms with van der Waals surface area (Å²) in [7, 11) is 0. The lowest BCUT2D eigenvalue weighted by Crippen LogP contribution is -2.39. The van der Waals surface area contributed by atoms with E-state index in [1.165, 1.54) is 12.4 Å². The molecule has 12 heteroatoms. The van der Waals surface area contributed by atoms with Gasteiger partial charge < -0.3 is 50.0 Å². The number of nitrogens with zero attached hydrogens (tertiary/aromatic N) is 2. The maximum atomic E-state index is 10.5. The van der Waals surface area contributed by atoms with E-state index in [0.717, 1.165) is 0 Å². The lowest BCUT2D eigenvalue weighted by molar-refractivity contribution is -0.134. The Bertz CT molecular complexity index is 550. The maximum absolute atomic E-state index is 10.5. The molecule has 1 heterocycles. The summed E-state index contributed by atoms with van der Waals surface area (Å²) >= 11 is 0. The van der Waals surface area contributed by atoms with Crippen molar-refractivity contribution in [3.8, 4) is 0 Å². The van der Waals surface area contributed by atoms with Gasteiger partial charge in [-0.15, -0.1) is 0 Å². The van der Waals surface area contributed by atoms with Crippen molar-refractivity contribution in [3.05, 3.63) is 23.8 Å². The van der Waals surface area contributed by atoms with Gasteiger partial charge in [-0.3, -0.25) is 9.97 Å². The third-order valence-corrected chi connectivity index (χ3v) is 4.15. The molecule has 0 aliphatic carbocycles. The van der Waals surface area contributed by atoms with Crippen LogP contribution in [0.4, 0.5) is 0 Å².